The second-order valence-corrected chi connectivity index (χ2v) is 0.333. The Kier molecular flexibility index (Phi) is 121. The molecule has 0 aliphatic carbocycles. The van der Waals surface area contributed by atoms with Crippen LogP contribution >= 0.6 is 0 Å². The fourth-order valence-electron chi connectivity index (χ4n) is 0. The van der Waals surface area contributed by atoms with Gasteiger partial charge in [-0.1, -0.05) is 6.92 Å². The van der Waals surface area contributed by atoms with Gasteiger partial charge < -0.3 is 6.58 Å². The molecule has 0 rings (SSSR count). The summed E-state index contributed by atoms with van der Waals surface area (Å²) in [6.45, 7) is 6.50. The van der Waals surface area contributed by atoms with Crippen molar-refractivity contribution in [3.05, 3.63) is 12.7 Å². The van der Waals surface area contributed by atoms with E-state index in [1.54, 1.807) is 6.92 Å². The van der Waals surface area contributed by atoms with Gasteiger partial charge in [-0.25, -0.2) is 0 Å². The summed E-state index contributed by atoms with van der Waals surface area (Å²) in [6, 6.07) is 0. The van der Waals surface area contributed by atoms with E-state index in [2.05, 4.69) is 0 Å². The van der Waals surface area contributed by atoms with E-state index in [9.17, 15) is 0 Å². The molecule has 0 heterocycles. The first kappa shape index (κ1) is 25.0. The second-order valence-electron chi connectivity index (χ2n) is 0.333. The molecule has 0 aliphatic heterocycles. The molecular weight excluding hydrogens is 588 g/mol. The molecule has 0 aromatic carbocycles. The zero-order valence-corrected chi connectivity index (χ0v) is 12.2. The first-order valence-corrected chi connectivity index (χ1v) is 0.911. The average molecular weight is 593 g/mol. The summed E-state index contributed by atoms with van der Waals surface area (Å²) in [6.07, 6.45) is 1.50. The molecule has 0 aromatic heterocycles. The molecule has 0 atom stereocenters. The van der Waals surface area contributed by atoms with Crippen molar-refractivity contribution in [2.24, 2.45) is 0 Å². The van der Waals surface area contributed by atoms with Gasteiger partial charge in [-0.2, -0.15) is 0 Å². The fraction of sp³-hybridized carbons (Fsp3) is 0.333. The van der Waals surface area contributed by atoms with Crippen LogP contribution in [0.25, 0.3) is 0 Å². The molecular formula is C3H5W3-. The van der Waals surface area contributed by atoms with E-state index in [0.717, 1.165) is 0 Å². The molecule has 3 heteroatoms. The Hall–Kier alpha value is 1.80. The Morgan fingerprint density at radius 3 is 1.17 bits per heavy atom. The maximum absolute atomic E-state index is 4.72. The second kappa shape index (κ2) is 29.1. The minimum atomic E-state index is 0. The minimum Gasteiger partial charge on any atom is -0.518 e. The molecule has 36 valence electrons. The van der Waals surface area contributed by atoms with E-state index in [0.29, 0.717) is 0 Å². The van der Waals surface area contributed by atoms with Crippen molar-refractivity contribution in [2.75, 3.05) is 0 Å². The van der Waals surface area contributed by atoms with Crippen LogP contribution in [-0.4, -0.2) is 0 Å². The van der Waals surface area contributed by atoms with Crippen LogP contribution in [0.15, 0.2) is 6.08 Å². The summed E-state index contributed by atoms with van der Waals surface area (Å²) in [7, 11) is 0. The number of hydrogen-bond acceptors (Lipinski definition) is 0. The van der Waals surface area contributed by atoms with Gasteiger partial charge in [0.2, 0.25) is 0 Å². The summed E-state index contributed by atoms with van der Waals surface area (Å²) < 4.78 is 0. The quantitative estimate of drug-likeness (QED) is 0.369. The van der Waals surface area contributed by atoms with Crippen molar-refractivity contribution in [3.63, 3.8) is 0 Å². The minimum absolute atomic E-state index is 0. The van der Waals surface area contributed by atoms with Crippen molar-refractivity contribution in [1.29, 1.82) is 0 Å². The molecule has 0 N–H and O–H groups in total. The van der Waals surface area contributed by atoms with E-state index >= 15 is 0 Å². The third-order valence-electron chi connectivity index (χ3n) is 0. The zero-order chi connectivity index (χ0) is 2.71. The van der Waals surface area contributed by atoms with E-state index in [4.69, 9.17) is 6.58 Å². The summed E-state index contributed by atoms with van der Waals surface area (Å²) in [4.78, 5) is 0. The molecule has 0 fully saturated rings. The van der Waals surface area contributed by atoms with Crippen LogP contribution in [0.2, 0.25) is 0 Å². The van der Waals surface area contributed by atoms with Gasteiger partial charge in [0.25, 0.3) is 0 Å². The summed E-state index contributed by atoms with van der Waals surface area (Å²) in [5.74, 6) is 0. The Morgan fingerprint density at radius 1 is 1.17 bits per heavy atom. The average Bonchev–Trinajstić information content (AvgIpc) is 0.918. The maximum Gasteiger partial charge on any atom is 0 e. The van der Waals surface area contributed by atoms with Crippen molar-refractivity contribution in [1.82, 2.24) is 0 Å². The number of rotatable bonds is 0. The summed E-state index contributed by atoms with van der Waals surface area (Å²) >= 11 is 0. The Bertz CT molecular complexity index is 13.5. The van der Waals surface area contributed by atoms with Crippen LogP contribution < -0.4 is 0 Å². The van der Waals surface area contributed by atoms with Crippen molar-refractivity contribution < 1.29 is 63.2 Å². The first-order valence-electron chi connectivity index (χ1n) is 0.911. The molecule has 6 heavy (non-hydrogen) atoms. The van der Waals surface area contributed by atoms with Gasteiger partial charge >= 0.3 is 0 Å². The van der Waals surface area contributed by atoms with Crippen molar-refractivity contribution in [2.45, 2.75) is 6.92 Å². The predicted octanol–water partition coefficient (Wildman–Crippen LogP) is 0.988. The topological polar surface area (TPSA) is 0 Å². The predicted molar refractivity (Wildman–Crippen MR) is 14.5 cm³/mol. The monoisotopic (exact) mass is 593 g/mol. The zero-order valence-electron chi connectivity index (χ0n) is 3.38. The Labute approximate surface area is 81.9 Å². The smallest absolute Gasteiger partial charge is 0 e. The van der Waals surface area contributed by atoms with Crippen molar-refractivity contribution in [3.8, 4) is 0 Å². The van der Waals surface area contributed by atoms with Gasteiger partial charge in [-0.05, 0) is 0 Å². The number of allylic oxidation sites excluding steroid dienone is 1. The van der Waals surface area contributed by atoms with Gasteiger partial charge in [-0.3, -0.25) is 6.08 Å². The molecule has 0 aromatic rings. The molecule has 0 saturated carbocycles. The third-order valence-corrected chi connectivity index (χ3v) is 0. The molecule has 0 saturated heterocycles. The van der Waals surface area contributed by atoms with Crippen LogP contribution in [0.1, 0.15) is 6.92 Å². The third kappa shape index (κ3) is 41.1. The van der Waals surface area contributed by atoms with Crippen LogP contribution in [0, 0.1) is 6.58 Å². The molecule has 0 bridgehead atoms. The van der Waals surface area contributed by atoms with Crippen LogP contribution in [0.5, 0.6) is 0 Å². The van der Waals surface area contributed by atoms with Gasteiger partial charge in [0.1, 0.15) is 0 Å². The number of hydrogen-bond donors (Lipinski definition) is 0. The molecule has 0 nitrogen and oxygen atoms in total. The molecule has 0 spiro atoms. The van der Waals surface area contributed by atoms with E-state index in [1.165, 1.54) is 6.08 Å². The van der Waals surface area contributed by atoms with Gasteiger partial charge in [0, 0.05) is 63.2 Å². The first-order chi connectivity index (χ1) is 1.41. The van der Waals surface area contributed by atoms with E-state index in [1.807, 2.05) is 0 Å². The van der Waals surface area contributed by atoms with Crippen LogP contribution in [0.4, 0.5) is 0 Å². The maximum atomic E-state index is 4.72. The van der Waals surface area contributed by atoms with Crippen LogP contribution in [0.3, 0.4) is 0 Å². The van der Waals surface area contributed by atoms with Crippen LogP contribution in [-0.2, 0) is 63.2 Å². The molecule has 0 aliphatic rings. The SMILES string of the molecule is [CH-]=CC.[W].[W].[W]. The van der Waals surface area contributed by atoms with Gasteiger partial charge in [-0.15, -0.1) is 0 Å². The standard InChI is InChI=1S/C3H5.3W/c1-3-2;;;/h1,3H,2H3;;;/q-1;;;. The van der Waals surface area contributed by atoms with Gasteiger partial charge in [0.05, 0.1) is 0 Å². The molecule has 0 amide bonds. The Morgan fingerprint density at radius 2 is 1.17 bits per heavy atom. The summed E-state index contributed by atoms with van der Waals surface area (Å²) in [5, 5.41) is 0. The normalized spacial score (nSPS) is 2.17. The molecule has 0 radical (unpaired) electrons. The largest absolute Gasteiger partial charge is 0.518 e. The van der Waals surface area contributed by atoms with Crippen molar-refractivity contribution >= 4 is 0 Å². The van der Waals surface area contributed by atoms with E-state index in [-0.39, 0.29) is 63.2 Å². The van der Waals surface area contributed by atoms with E-state index < -0.39 is 0 Å². The molecule has 0 unspecified atom stereocenters. The fourth-order valence-corrected chi connectivity index (χ4v) is 0. The Balaban J connectivity index is -0.00000000667. The summed E-state index contributed by atoms with van der Waals surface area (Å²) in [5.41, 5.74) is 0. The van der Waals surface area contributed by atoms with Gasteiger partial charge in [0.15, 0.2) is 0 Å².